The van der Waals surface area contributed by atoms with Crippen LogP contribution < -0.4 is 0 Å². The number of nitrogens with zero attached hydrogens (tertiary/aromatic N) is 1. The summed E-state index contributed by atoms with van der Waals surface area (Å²) in [6.45, 7) is 14.4. The lowest BCUT2D eigenvalue weighted by Crippen LogP contribution is -2.48. The number of rotatable bonds is 8. The van der Waals surface area contributed by atoms with Crippen LogP contribution in [0.5, 0.6) is 0 Å². The van der Waals surface area contributed by atoms with Crippen LogP contribution in [0.4, 0.5) is 0 Å². The molecule has 0 aromatic rings. The minimum absolute atomic E-state index is 0.0544. The Morgan fingerprint density at radius 1 is 1.15 bits per heavy atom. The summed E-state index contributed by atoms with van der Waals surface area (Å²) in [7, 11) is 1.83. The minimum atomic E-state index is -0.411. The third-order valence-electron chi connectivity index (χ3n) is 3.63. The van der Waals surface area contributed by atoms with Crippen LogP contribution in [0.3, 0.4) is 0 Å². The zero-order valence-electron chi connectivity index (χ0n) is 14.9. The third kappa shape index (κ3) is 7.88. The van der Waals surface area contributed by atoms with Crippen molar-refractivity contribution in [3.8, 4) is 0 Å². The van der Waals surface area contributed by atoms with Crippen LogP contribution in [0.2, 0.25) is 0 Å². The first-order valence-electron chi connectivity index (χ1n) is 8.28. The maximum Gasteiger partial charge on any atom is 0.222 e. The fourth-order valence-electron chi connectivity index (χ4n) is 2.39. The van der Waals surface area contributed by atoms with Gasteiger partial charge in [0.1, 0.15) is 0 Å². The lowest BCUT2D eigenvalue weighted by molar-refractivity contribution is -0.136. The van der Waals surface area contributed by atoms with E-state index in [2.05, 4.69) is 20.8 Å². The van der Waals surface area contributed by atoms with Crippen molar-refractivity contribution < 1.29 is 9.90 Å². The highest BCUT2D eigenvalue weighted by atomic mass is 16.3. The molecule has 0 rings (SSSR count). The number of hydrogen-bond donors (Lipinski definition) is 1. The topological polar surface area (TPSA) is 40.5 Å². The second-order valence-corrected chi connectivity index (χ2v) is 5.83. The molecule has 0 aromatic carbocycles. The summed E-state index contributed by atoms with van der Waals surface area (Å²) in [5.74, 6) is 0.832. The molecule has 0 aliphatic heterocycles. The van der Waals surface area contributed by atoms with Crippen molar-refractivity contribution in [3.05, 3.63) is 0 Å². The van der Waals surface area contributed by atoms with Crippen molar-refractivity contribution >= 4 is 5.91 Å². The number of amides is 1. The first kappa shape index (κ1) is 21.7. The molecule has 122 valence electrons. The third-order valence-corrected chi connectivity index (χ3v) is 3.63. The van der Waals surface area contributed by atoms with Gasteiger partial charge in [-0.3, -0.25) is 4.79 Å². The lowest BCUT2D eigenvalue weighted by Gasteiger charge is -2.36. The first-order valence-corrected chi connectivity index (χ1v) is 8.28. The average molecular weight is 287 g/mol. The van der Waals surface area contributed by atoms with Gasteiger partial charge in [0.15, 0.2) is 0 Å². The molecule has 3 heteroatoms. The minimum Gasteiger partial charge on any atom is -0.391 e. The van der Waals surface area contributed by atoms with E-state index in [0.717, 1.165) is 19.3 Å². The summed E-state index contributed by atoms with van der Waals surface area (Å²) < 4.78 is 0. The van der Waals surface area contributed by atoms with Crippen molar-refractivity contribution in [2.24, 2.45) is 11.8 Å². The van der Waals surface area contributed by atoms with Gasteiger partial charge in [0.05, 0.1) is 12.1 Å². The Hall–Kier alpha value is -0.570. The van der Waals surface area contributed by atoms with E-state index in [0.29, 0.717) is 18.3 Å². The summed E-state index contributed by atoms with van der Waals surface area (Å²) in [5, 5.41) is 10.3. The van der Waals surface area contributed by atoms with Gasteiger partial charge in [0.2, 0.25) is 5.91 Å². The predicted molar refractivity (Wildman–Crippen MR) is 87.7 cm³/mol. The van der Waals surface area contributed by atoms with Gasteiger partial charge in [-0.05, 0) is 18.3 Å². The summed E-state index contributed by atoms with van der Waals surface area (Å²) in [5.41, 5.74) is 0. The van der Waals surface area contributed by atoms with E-state index < -0.39 is 6.10 Å². The van der Waals surface area contributed by atoms with Gasteiger partial charge in [-0.15, -0.1) is 0 Å². The average Bonchev–Trinajstić information content (AvgIpc) is 2.40. The van der Waals surface area contributed by atoms with E-state index in [1.54, 1.807) is 4.90 Å². The van der Waals surface area contributed by atoms with Gasteiger partial charge < -0.3 is 10.0 Å². The maximum absolute atomic E-state index is 12.1. The zero-order chi connectivity index (χ0) is 16.3. The smallest absolute Gasteiger partial charge is 0.222 e. The molecule has 3 atom stereocenters. The Bertz CT molecular complexity index is 241. The normalized spacial score (nSPS) is 15.1. The van der Waals surface area contributed by atoms with Crippen LogP contribution in [0.25, 0.3) is 0 Å². The Morgan fingerprint density at radius 2 is 1.65 bits per heavy atom. The van der Waals surface area contributed by atoms with Crippen molar-refractivity contribution in [2.75, 3.05) is 7.05 Å². The Balaban J connectivity index is 0. The van der Waals surface area contributed by atoms with Crippen LogP contribution in [-0.4, -0.2) is 35.1 Å². The highest BCUT2D eigenvalue weighted by Crippen LogP contribution is 2.21. The number of likely N-dealkylation sites (N-methyl/N-ethyl adjacent to an activating group) is 1. The van der Waals surface area contributed by atoms with E-state index in [-0.39, 0.29) is 11.9 Å². The van der Waals surface area contributed by atoms with Crippen LogP contribution >= 0.6 is 0 Å². The molecule has 20 heavy (non-hydrogen) atoms. The van der Waals surface area contributed by atoms with Crippen LogP contribution in [0.15, 0.2) is 0 Å². The number of carbonyl (C=O) groups is 1. The number of carbonyl (C=O) groups excluding carboxylic acids is 1. The highest BCUT2D eigenvalue weighted by Gasteiger charge is 2.30. The fraction of sp³-hybridized carbons (Fsp3) is 0.941. The maximum atomic E-state index is 12.1. The van der Waals surface area contributed by atoms with Crippen LogP contribution in [0, 0.1) is 11.8 Å². The van der Waals surface area contributed by atoms with E-state index in [4.69, 9.17) is 0 Å². The molecule has 0 fully saturated rings. The molecule has 3 nitrogen and oxygen atoms in total. The molecule has 0 saturated carbocycles. The van der Waals surface area contributed by atoms with E-state index in [1.807, 2.05) is 34.7 Å². The summed E-state index contributed by atoms with van der Waals surface area (Å²) in [4.78, 5) is 13.9. The van der Waals surface area contributed by atoms with Crippen molar-refractivity contribution in [1.82, 2.24) is 4.90 Å². The molecule has 1 amide bonds. The zero-order valence-corrected chi connectivity index (χ0v) is 14.9. The lowest BCUT2D eigenvalue weighted by atomic mass is 9.90. The van der Waals surface area contributed by atoms with Crippen molar-refractivity contribution in [3.63, 3.8) is 0 Å². The van der Waals surface area contributed by atoms with Gasteiger partial charge in [-0.1, -0.05) is 61.3 Å². The SMILES string of the molecule is CC.CCCC(O)C(C(C)CC)N(C)C(=O)CC(C)C. The molecule has 0 aromatic heterocycles. The molecule has 0 bridgehead atoms. The molecular formula is C17H37NO2. The van der Waals surface area contributed by atoms with Crippen LogP contribution in [0.1, 0.15) is 74.1 Å². The fourth-order valence-corrected chi connectivity index (χ4v) is 2.39. The molecule has 0 radical (unpaired) electrons. The molecule has 3 unspecified atom stereocenters. The quantitative estimate of drug-likeness (QED) is 0.730. The number of aliphatic hydroxyl groups is 1. The van der Waals surface area contributed by atoms with Gasteiger partial charge in [0, 0.05) is 13.5 Å². The monoisotopic (exact) mass is 287 g/mol. The number of hydrogen-bond acceptors (Lipinski definition) is 2. The molecule has 0 aliphatic carbocycles. The Kier molecular flexibility index (Phi) is 13.2. The van der Waals surface area contributed by atoms with Crippen molar-refractivity contribution in [2.45, 2.75) is 86.3 Å². The van der Waals surface area contributed by atoms with Gasteiger partial charge in [-0.2, -0.15) is 0 Å². The second kappa shape index (κ2) is 12.2. The standard InChI is InChI=1S/C15H31NO2.C2H6/c1-7-9-13(17)15(12(5)8-2)16(6)14(18)10-11(3)4;1-2/h11-13,15,17H,7-10H2,1-6H3;1-2H3. The van der Waals surface area contributed by atoms with E-state index in [9.17, 15) is 9.90 Å². The van der Waals surface area contributed by atoms with Gasteiger partial charge in [-0.25, -0.2) is 0 Å². The second-order valence-electron chi connectivity index (χ2n) is 5.83. The summed E-state index contributed by atoms with van der Waals surface area (Å²) in [6.07, 6.45) is 2.83. The summed E-state index contributed by atoms with van der Waals surface area (Å²) in [6, 6.07) is -0.0544. The van der Waals surface area contributed by atoms with E-state index >= 15 is 0 Å². The van der Waals surface area contributed by atoms with E-state index in [1.165, 1.54) is 0 Å². The summed E-state index contributed by atoms with van der Waals surface area (Å²) >= 11 is 0. The first-order chi connectivity index (χ1) is 9.34. The molecule has 1 N–H and O–H groups in total. The Labute approximate surface area is 126 Å². The molecular weight excluding hydrogens is 250 g/mol. The predicted octanol–water partition coefficient (Wildman–Crippen LogP) is 4.09. The molecule has 0 spiro atoms. The van der Waals surface area contributed by atoms with Crippen molar-refractivity contribution in [1.29, 1.82) is 0 Å². The van der Waals surface area contributed by atoms with Gasteiger partial charge in [0.25, 0.3) is 0 Å². The molecule has 0 aliphatic rings. The van der Waals surface area contributed by atoms with Gasteiger partial charge >= 0.3 is 0 Å². The largest absolute Gasteiger partial charge is 0.391 e. The highest BCUT2D eigenvalue weighted by molar-refractivity contribution is 5.76. The molecule has 0 heterocycles. The molecule has 0 saturated heterocycles. The number of aliphatic hydroxyl groups excluding tert-OH is 1. The Morgan fingerprint density at radius 3 is 2.00 bits per heavy atom. The van der Waals surface area contributed by atoms with Crippen LogP contribution in [-0.2, 0) is 4.79 Å².